The summed E-state index contributed by atoms with van der Waals surface area (Å²) in [6, 6.07) is 5.50. The number of rotatable bonds is 4. The van der Waals surface area contributed by atoms with Gasteiger partial charge in [-0.05, 0) is 44.8 Å². The summed E-state index contributed by atoms with van der Waals surface area (Å²) in [6.45, 7) is 3.34. The molecule has 2 saturated heterocycles. The zero-order valence-electron chi connectivity index (χ0n) is 11.6. The van der Waals surface area contributed by atoms with Crippen LogP contribution in [0.4, 0.5) is 0 Å². The maximum absolute atomic E-state index is 5.36. The molecule has 1 aromatic heterocycles. The Kier molecular flexibility index (Phi) is 3.99. The largest absolute Gasteiger partial charge is 0.481 e. The van der Waals surface area contributed by atoms with Gasteiger partial charge in [-0.1, -0.05) is 6.07 Å². The molecule has 3 rings (SSSR count). The molecule has 19 heavy (non-hydrogen) atoms. The van der Waals surface area contributed by atoms with Crippen molar-refractivity contribution in [3.05, 3.63) is 23.9 Å². The van der Waals surface area contributed by atoms with Crippen LogP contribution in [-0.2, 0) is 6.54 Å². The Morgan fingerprint density at radius 2 is 2.37 bits per heavy atom. The van der Waals surface area contributed by atoms with Crippen molar-refractivity contribution in [3.63, 3.8) is 0 Å². The number of methoxy groups -OCH3 is 1. The summed E-state index contributed by atoms with van der Waals surface area (Å²) in [5, 5.41) is 3.65. The van der Waals surface area contributed by atoms with Crippen LogP contribution in [0.3, 0.4) is 0 Å². The van der Waals surface area contributed by atoms with Crippen molar-refractivity contribution in [1.29, 1.82) is 0 Å². The lowest BCUT2D eigenvalue weighted by molar-refractivity contribution is 0.203. The molecule has 3 heterocycles. The predicted molar refractivity (Wildman–Crippen MR) is 75.2 cm³/mol. The molecule has 2 aliphatic rings. The molecule has 2 unspecified atom stereocenters. The number of nitrogens with zero attached hydrogens (tertiary/aromatic N) is 2. The topological polar surface area (TPSA) is 37.4 Å². The molecule has 1 aromatic rings. The van der Waals surface area contributed by atoms with E-state index in [0.717, 1.165) is 12.4 Å². The van der Waals surface area contributed by atoms with Crippen LogP contribution in [0.15, 0.2) is 18.3 Å². The second kappa shape index (κ2) is 5.88. The summed E-state index contributed by atoms with van der Waals surface area (Å²) < 4.78 is 5.36. The third-order valence-corrected chi connectivity index (χ3v) is 4.39. The van der Waals surface area contributed by atoms with Crippen LogP contribution in [0.5, 0.6) is 5.88 Å². The van der Waals surface area contributed by atoms with Gasteiger partial charge in [-0.25, -0.2) is 4.98 Å². The van der Waals surface area contributed by atoms with Gasteiger partial charge in [0.25, 0.3) is 0 Å². The van der Waals surface area contributed by atoms with E-state index in [1.807, 2.05) is 6.07 Å². The van der Waals surface area contributed by atoms with E-state index in [4.69, 9.17) is 4.74 Å². The summed E-state index contributed by atoms with van der Waals surface area (Å²) in [4.78, 5) is 6.90. The van der Waals surface area contributed by atoms with Crippen molar-refractivity contribution in [1.82, 2.24) is 15.2 Å². The molecule has 2 fully saturated rings. The van der Waals surface area contributed by atoms with Gasteiger partial charge in [0.1, 0.15) is 0 Å². The lowest BCUT2D eigenvalue weighted by atomic mass is 10.0. The molecule has 4 heteroatoms. The average Bonchev–Trinajstić information content (AvgIpc) is 3.09. The van der Waals surface area contributed by atoms with E-state index in [-0.39, 0.29) is 0 Å². The highest BCUT2D eigenvalue weighted by atomic mass is 16.5. The minimum Gasteiger partial charge on any atom is -0.481 e. The lowest BCUT2D eigenvalue weighted by Gasteiger charge is -2.29. The van der Waals surface area contributed by atoms with Crippen LogP contribution in [0.1, 0.15) is 31.2 Å². The first-order valence-corrected chi connectivity index (χ1v) is 7.34. The molecule has 0 aromatic carbocycles. The second-order valence-electron chi connectivity index (χ2n) is 5.55. The standard InChI is InChI=1S/C15H23N3O/c1-19-15-12(5-2-9-17-15)11-18-10-4-7-14(18)13-6-3-8-16-13/h2,5,9,13-14,16H,3-4,6-8,10-11H2,1H3. The maximum Gasteiger partial charge on any atom is 0.217 e. The van der Waals surface area contributed by atoms with Crippen LogP contribution in [0, 0.1) is 0 Å². The molecular weight excluding hydrogens is 238 g/mol. The van der Waals surface area contributed by atoms with Crippen molar-refractivity contribution < 1.29 is 4.74 Å². The Labute approximate surface area is 115 Å². The van der Waals surface area contributed by atoms with Crippen LogP contribution in [0.25, 0.3) is 0 Å². The lowest BCUT2D eigenvalue weighted by Crippen LogP contribution is -2.43. The van der Waals surface area contributed by atoms with Gasteiger partial charge >= 0.3 is 0 Å². The van der Waals surface area contributed by atoms with Crippen LogP contribution in [0.2, 0.25) is 0 Å². The van der Waals surface area contributed by atoms with Gasteiger partial charge in [-0.15, -0.1) is 0 Å². The number of pyridine rings is 1. The third kappa shape index (κ3) is 2.74. The van der Waals surface area contributed by atoms with E-state index in [9.17, 15) is 0 Å². The summed E-state index contributed by atoms with van der Waals surface area (Å²) in [6.07, 6.45) is 7.07. The summed E-state index contributed by atoms with van der Waals surface area (Å²) in [7, 11) is 1.70. The van der Waals surface area contributed by atoms with Gasteiger partial charge in [0.2, 0.25) is 5.88 Å². The van der Waals surface area contributed by atoms with E-state index in [0.29, 0.717) is 12.1 Å². The first-order valence-electron chi connectivity index (χ1n) is 7.34. The zero-order chi connectivity index (χ0) is 13.1. The van der Waals surface area contributed by atoms with Crippen molar-refractivity contribution in [2.24, 2.45) is 0 Å². The fraction of sp³-hybridized carbons (Fsp3) is 0.667. The second-order valence-corrected chi connectivity index (χ2v) is 5.55. The van der Waals surface area contributed by atoms with Crippen LogP contribution in [-0.4, -0.2) is 42.2 Å². The van der Waals surface area contributed by atoms with Crippen LogP contribution < -0.4 is 10.1 Å². The molecule has 104 valence electrons. The fourth-order valence-electron chi connectivity index (χ4n) is 3.49. The normalized spacial score (nSPS) is 27.8. The highest BCUT2D eigenvalue weighted by molar-refractivity contribution is 5.25. The number of hydrogen-bond acceptors (Lipinski definition) is 4. The number of hydrogen-bond donors (Lipinski definition) is 1. The molecule has 4 nitrogen and oxygen atoms in total. The average molecular weight is 261 g/mol. The molecule has 0 aliphatic carbocycles. The molecule has 0 spiro atoms. The first kappa shape index (κ1) is 12.9. The van der Waals surface area contributed by atoms with Gasteiger partial charge < -0.3 is 10.1 Å². The highest BCUT2D eigenvalue weighted by Gasteiger charge is 2.33. The zero-order valence-corrected chi connectivity index (χ0v) is 11.6. The van der Waals surface area contributed by atoms with E-state index < -0.39 is 0 Å². The summed E-state index contributed by atoms with van der Waals surface area (Å²) in [5.41, 5.74) is 1.20. The first-order chi connectivity index (χ1) is 9.38. The minimum atomic E-state index is 0.685. The molecule has 2 atom stereocenters. The van der Waals surface area contributed by atoms with Crippen molar-refractivity contribution in [2.75, 3.05) is 20.2 Å². The quantitative estimate of drug-likeness (QED) is 0.897. The molecule has 0 saturated carbocycles. The number of likely N-dealkylation sites (tertiary alicyclic amines) is 1. The molecule has 0 radical (unpaired) electrons. The van der Waals surface area contributed by atoms with Gasteiger partial charge in [-0.3, -0.25) is 4.90 Å². The Morgan fingerprint density at radius 1 is 1.42 bits per heavy atom. The fourth-order valence-corrected chi connectivity index (χ4v) is 3.49. The van der Waals surface area contributed by atoms with Crippen LogP contribution >= 0.6 is 0 Å². The number of aromatic nitrogens is 1. The van der Waals surface area contributed by atoms with Gasteiger partial charge in [0.15, 0.2) is 0 Å². The SMILES string of the molecule is COc1ncccc1CN1CCCC1C1CCCN1. The van der Waals surface area contributed by atoms with Gasteiger partial charge in [0.05, 0.1) is 7.11 Å². The Bertz CT molecular complexity index is 418. The Balaban J connectivity index is 1.70. The highest BCUT2D eigenvalue weighted by Crippen LogP contribution is 2.28. The molecular formula is C15H23N3O. The number of ether oxygens (including phenoxy) is 1. The Hall–Kier alpha value is -1.13. The van der Waals surface area contributed by atoms with E-state index >= 15 is 0 Å². The summed E-state index contributed by atoms with van der Waals surface area (Å²) in [5.74, 6) is 0.771. The predicted octanol–water partition coefficient (Wildman–Crippen LogP) is 1.81. The monoisotopic (exact) mass is 261 g/mol. The van der Waals surface area contributed by atoms with Crippen molar-refractivity contribution in [2.45, 2.75) is 44.3 Å². The minimum absolute atomic E-state index is 0.685. The van der Waals surface area contributed by atoms with Gasteiger partial charge in [-0.2, -0.15) is 0 Å². The smallest absolute Gasteiger partial charge is 0.217 e. The molecule has 0 bridgehead atoms. The maximum atomic E-state index is 5.36. The molecule has 1 N–H and O–H groups in total. The third-order valence-electron chi connectivity index (χ3n) is 4.39. The van der Waals surface area contributed by atoms with E-state index in [1.54, 1.807) is 13.3 Å². The number of nitrogens with one attached hydrogen (secondary N) is 1. The molecule has 0 amide bonds. The Morgan fingerprint density at radius 3 is 3.16 bits per heavy atom. The van der Waals surface area contributed by atoms with E-state index in [2.05, 4.69) is 21.3 Å². The molecule has 2 aliphatic heterocycles. The van der Waals surface area contributed by atoms with Crippen molar-refractivity contribution >= 4 is 0 Å². The van der Waals surface area contributed by atoms with Crippen molar-refractivity contribution in [3.8, 4) is 5.88 Å². The van der Waals surface area contributed by atoms with Gasteiger partial charge in [0, 0.05) is 30.4 Å². The van der Waals surface area contributed by atoms with E-state index in [1.165, 1.54) is 44.3 Å². The summed E-state index contributed by atoms with van der Waals surface area (Å²) >= 11 is 0.